The third-order valence-electron chi connectivity index (χ3n) is 5.05. The molecule has 0 radical (unpaired) electrons. The number of thiophene rings is 1. The highest BCUT2D eigenvalue weighted by molar-refractivity contribution is 7.17. The first-order chi connectivity index (χ1) is 15.9. The number of anilines is 1. The molecule has 1 amide bonds. The van der Waals surface area contributed by atoms with Crippen LogP contribution in [-0.4, -0.2) is 29.3 Å². The second-order valence-electron chi connectivity index (χ2n) is 7.14. The van der Waals surface area contributed by atoms with Crippen molar-refractivity contribution in [3.8, 4) is 11.5 Å². The first kappa shape index (κ1) is 22.6. The summed E-state index contributed by atoms with van der Waals surface area (Å²) in [5, 5.41) is 4.79. The van der Waals surface area contributed by atoms with Gasteiger partial charge in [-0.2, -0.15) is 0 Å². The van der Waals surface area contributed by atoms with Crippen molar-refractivity contribution in [1.82, 2.24) is 9.13 Å². The molecule has 0 saturated carbocycles. The number of nitrogens with one attached hydrogen (secondary N) is 1. The fraction of sp³-hybridized carbons (Fsp3) is 0.174. The van der Waals surface area contributed by atoms with Crippen LogP contribution in [-0.2, 0) is 17.9 Å². The molecule has 1 N–H and O–H groups in total. The number of halogens is 1. The molecule has 0 aliphatic heterocycles. The molecular weight excluding hydrogens is 466 g/mol. The van der Waals surface area contributed by atoms with Crippen LogP contribution in [0.3, 0.4) is 0 Å². The van der Waals surface area contributed by atoms with Crippen molar-refractivity contribution in [2.24, 2.45) is 0 Å². The molecule has 0 spiro atoms. The summed E-state index contributed by atoms with van der Waals surface area (Å²) >= 11 is 7.35. The number of hydrogen-bond acceptors (Lipinski definition) is 6. The second kappa shape index (κ2) is 9.51. The van der Waals surface area contributed by atoms with E-state index in [9.17, 15) is 14.4 Å². The van der Waals surface area contributed by atoms with Crippen molar-refractivity contribution < 1.29 is 14.3 Å². The largest absolute Gasteiger partial charge is 0.497 e. The number of aromatic nitrogens is 2. The molecular formula is C23H20ClN3O5S. The van der Waals surface area contributed by atoms with Gasteiger partial charge in [0.05, 0.1) is 31.3 Å². The molecule has 0 bridgehead atoms. The number of benzene rings is 2. The minimum atomic E-state index is -0.573. The minimum Gasteiger partial charge on any atom is -0.497 e. The number of hydrogen-bond donors (Lipinski definition) is 1. The van der Waals surface area contributed by atoms with Gasteiger partial charge >= 0.3 is 5.69 Å². The molecule has 4 aromatic rings. The predicted octanol–water partition coefficient (Wildman–Crippen LogP) is 3.58. The van der Waals surface area contributed by atoms with Gasteiger partial charge in [0, 0.05) is 5.69 Å². The SMILES string of the molecule is COc1cccc(Cn2c(=O)c3sccc3n(CC(=O)Nc3ccc(OC)c(Cl)c3)c2=O)c1. The molecule has 2 heterocycles. The average molecular weight is 486 g/mol. The van der Waals surface area contributed by atoms with E-state index in [0.717, 1.165) is 10.1 Å². The van der Waals surface area contributed by atoms with E-state index in [0.29, 0.717) is 32.4 Å². The second-order valence-corrected chi connectivity index (χ2v) is 8.47. The summed E-state index contributed by atoms with van der Waals surface area (Å²) in [4.78, 5) is 39.0. The zero-order chi connectivity index (χ0) is 23.5. The number of methoxy groups -OCH3 is 2. The number of fused-ring (bicyclic) bond motifs is 1. The maximum absolute atomic E-state index is 13.3. The van der Waals surface area contributed by atoms with Crippen LogP contribution >= 0.6 is 22.9 Å². The van der Waals surface area contributed by atoms with E-state index in [2.05, 4.69) is 5.32 Å². The summed E-state index contributed by atoms with van der Waals surface area (Å²) < 4.78 is 13.2. The number of nitrogens with zero attached hydrogens (tertiary/aromatic N) is 2. The number of carbonyl (C=O) groups is 1. The average Bonchev–Trinajstić information content (AvgIpc) is 3.30. The van der Waals surface area contributed by atoms with Crippen LogP contribution in [0.5, 0.6) is 11.5 Å². The highest BCUT2D eigenvalue weighted by atomic mass is 35.5. The summed E-state index contributed by atoms with van der Waals surface area (Å²) in [5.41, 5.74) is 0.640. The standard InChI is InChI=1S/C23H20ClN3O5S/c1-31-16-5-3-4-14(10-16)12-27-22(29)21-18(8-9-33-21)26(23(27)30)13-20(28)25-15-6-7-19(32-2)17(24)11-15/h3-11H,12-13H2,1-2H3,(H,25,28). The lowest BCUT2D eigenvalue weighted by molar-refractivity contribution is -0.116. The zero-order valence-corrected chi connectivity index (χ0v) is 19.4. The Bertz CT molecular complexity index is 1460. The minimum absolute atomic E-state index is 0.0540. The Morgan fingerprint density at radius 1 is 1.06 bits per heavy atom. The smallest absolute Gasteiger partial charge is 0.332 e. The Morgan fingerprint density at radius 3 is 2.61 bits per heavy atom. The number of ether oxygens (including phenoxy) is 2. The van der Waals surface area contributed by atoms with Gasteiger partial charge in [0.15, 0.2) is 0 Å². The molecule has 0 unspecified atom stereocenters. The Kier molecular flexibility index (Phi) is 6.52. The van der Waals surface area contributed by atoms with E-state index in [-0.39, 0.29) is 13.1 Å². The van der Waals surface area contributed by atoms with Crippen molar-refractivity contribution in [2.75, 3.05) is 19.5 Å². The van der Waals surface area contributed by atoms with Gasteiger partial charge in [-0.3, -0.25) is 18.7 Å². The Morgan fingerprint density at radius 2 is 1.88 bits per heavy atom. The number of carbonyl (C=O) groups excluding carboxylic acids is 1. The van der Waals surface area contributed by atoms with Crippen molar-refractivity contribution in [2.45, 2.75) is 13.1 Å². The first-order valence-electron chi connectivity index (χ1n) is 9.88. The topological polar surface area (TPSA) is 91.6 Å². The van der Waals surface area contributed by atoms with Crippen molar-refractivity contribution in [3.05, 3.63) is 85.3 Å². The van der Waals surface area contributed by atoms with Crippen molar-refractivity contribution >= 4 is 44.7 Å². The normalized spacial score (nSPS) is 10.9. The van der Waals surface area contributed by atoms with Crippen LogP contribution in [0.1, 0.15) is 5.56 Å². The van der Waals surface area contributed by atoms with Crippen LogP contribution < -0.4 is 26.0 Å². The summed E-state index contributed by atoms with van der Waals surface area (Å²) in [6.07, 6.45) is 0. The summed E-state index contributed by atoms with van der Waals surface area (Å²) in [6.45, 7) is -0.216. The van der Waals surface area contributed by atoms with Gasteiger partial charge in [0.2, 0.25) is 5.91 Å². The summed E-state index contributed by atoms with van der Waals surface area (Å²) in [5.74, 6) is 0.670. The number of amides is 1. The lowest BCUT2D eigenvalue weighted by Crippen LogP contribution is -2.41. The van der Waals surface area contributed by atoms with Gasteiger partial charge in [0.25, 0.3) is 5.56 Å². The Labute approximate surface area is 197 Å². The molecule has 33 heavy (non-hydrogen) atoms. The van der Waals surface area contributed by atoms with E-state index in [4.69, 9.17) is 21.1 Å². The predicted molar refractivity (Wildman–Crippen MR) is 129 cm³/mol. The lowest BCUT2D eigenvalue weighted by atomic mass is 10.2. The zero-order valence-electron chi connectivity index (χ0n) is 17.8. The lowest BCUT2D eigenvalue weighted by Gasteiger charge is -2.13. The van der Waals surface area contributed by atoms with Crippen molar-refractivity contribution in [3.63, 3.8) is 0 Å². The van der Waals surface area contributed by atoms with E-state index < -0.39 is 17.2 Å². The van der Waals surface area contributed by atoms with E-state index >= 15 is 0 Å². The molecule has 0 aliphatic carbocycles. The molecule has 170 valence electrons. The van der Waals surface area contributed by atoms with Crippen LogP contribution in [0.2, 0.25) is 5.02 Å². The van der Waals surface area contributed by atoms with Gasteiger partial charge in [-0.1, -0.05) is 23.7 Å². The fourth-order valence-corrected chi connectivity index (χ4v) is 4.57. The summed E-state index contributed by atoms with van der Waals surface area (Å²) in [6, 6.07) is 13.6. The van der Waals surface area contributed by atoms with Gasteiger partial charge in [0.1, 0.15) is 22.7 Å². The number of rotatable bonds is 7. The van der Waals surface area contributed by atoms with Gasteiger partial charge in [-0.15, -0.1) is 11.3 Å². The third-order valence-corrected chi connectivity index (χ3v) is 6.24. The molecule has 0 saturated heterocycles. The quantitative estimate of drug-likeness (QED) is 0.432. The highest BCUT2D eigenvalue weighted by Crippen LogP contribution is 2.27. The Balaban J connectivity index is 1.68. The first-order valence-corrected chi connectivity index (χ1v) is 11.1. The van der Waals surface area contributed by atoms with Gasteiger partial charge < -0.3 is 14.8 Å². The maximum Gasteiger partial charge on any atom is 0.332 e. The molecule has 10 heteroatoms. The highest BCUT2D eigenvalue weighted by Gasteiger charge is 2.17. The maximum atomic E-state index is 13.3. The Hall–Kier alpha value is -3.56. The van der Waals surface area contributed by atoms with Gasteiger partial charge in [-0.25, -0.2) is 4.79 Å². The molecule has 4 rings (SSSR count). The molecule has 2 aromatic heterocycles. The van der Waals surface area contributed by atoms with Crippen LogP contribution in [0.25, 0.3) is 10.2 Å². The van der Waals surface area contributed by atoms with E-state index in [1.54, 1.807) is 61.0 Å². The van der Waals surface area contributed by atoms with E-state index in [1.165, 1.54) is 23.0 Å². The van der Waals surface area contributed by atoms with Crippen LogP contribution in [0.15, 0.2) is 63.5 Å². The fourth-order valence-electron chi connectivity index (χ4n) is 3.47. The molecule has 0 fully saturated rings. The van der Waals surface area contributed by atoms with E-state index in [1.807, 2.05) is 0 Å². The van der Waals surface area contributed by atoms with Gasteiger partial charge in [-0.05, 0) is 47.3 Å². The molecule has 8 nitrogen and oxygen atoms in total. The van der Waals surface area contributed by atoms with Crippen molar-refractivity contribution in [1.29, 1.82) is 0 Å². The third kappa shape index (κ3) is 4.64. The van der Waals surface area contributed by atoms with Crippen LogP contribution in [0.4, 0.5) is 5.69 Å². The summed E-state index contributed by atoms with van der Waals surface area (Å²) in [7, 11) is 3.04. The molecule has 2 aromatic carbocycles. The van der Waals surface area contributed by atoms with Crippen LogP contribution in [0, 0.1) is 0 Å². The molecule has 0 atom stereocenters. The monoisotopic (exact) mass is 485 g/mol. The molecule has 0 aliphatic rings.